The number of ether oxygens (including phenoxy) is 1. The highest BCUT2D eigenvalue weighted by Crippen LogP contribution is 2.22. The fourth-order valence-corrected chi connectivity index (χ4v) is 2.78. The minimum absolute atomic E-state index is 0.0684. The first-order chi connectivity index (χ1) is 9.50. The predicted molar refractivity (Wildman–Crippen MR) is 81.0 cm³/mol. The molecule has 1 aliphatic heterocycles. The van der Waals surface area contributed by atoms with Crippen LogP contribution in [0.3, 0.4) is 0 Å². The van der Waals surface area contributed by atoms with Gasteiger partial charge in [-0.1, -0.05) is 30.3 Å². The second kappa shape index (κ2) is 6.59. The quantitative estimate of drug-likeness (QED) is 0.800. The van der Waals surface area contributed by atoms with E-state index in [0.717, 1.165) is 6.42 Å². The van der Waals surface area contributed by atoms with Crippen molar-refractivity contribution in [3.05, 3.63) is 35.9 Å². The zero-order valence-corrected chi connectivity index (χ0v) is 12.9. The first kappa shape index (κ1) is 15.3. The molecule has 0 bridgehead atoms. The van der Waals surface area contributed by atoms with Crippen LogP contribution in [0.15, 0.2) is 30.3 Å². The Kier molecular flexibility index (Phi) is 5.06. The van der Waals surface area contributed by atoms with E-state index in [4.69, 9.17) is 16.3 Å². The lowest BCUT2D eigenvalue weighted by atomic mass is 10.0. The second-order valence-electron chi connectivity index (χ2n) is 5.91. The molecular formula is C16H22ClNO2. The Hall–Kier alpha value is -1.06. The summed E-state index contributed by atoms with van der Waals surface area (Å²) in [6.45, 7) is 5.24. The average Bonchev–Trinajstić information content (AvgIpc) is 2.44. The molecule has 0 spiro atoms. The SMILES string of the molecule is CC1(C)CN(C(=O)CCc2ccccc2)CC(CCl)O1. The topological polar surface area (TPSA) is 29.5 Å². The predicted octanol–water partition coefficient (Wildman–Crippen LogP) is 2.86. The van der Waals surface area contributed by atoms with Gasteiger partial charge in [0.1, 0.15) is 0 Å². The Bertz CT molecular complexity index is 447. The number of morpholine rings is 1. The van der Waals surface area contributed by atoms with Gasteiger partial charge in [-0.25, -0.2) is 0 Å². The molecule has 110 valence electrons. The molecule has 1 atom stereocenters. The number of halogens is 1. The van der Waals surface area contributed by atoms with Crippen LogP contribution in [0.2, 0.25) is 0 Å². The first-order valence-electron chi connectivity index (χ1n) is 7.06. The molecule has 2 rings (SSSR count). The normalized spacial score (nSPS) is 21.8. The lowest BCUT2D eigenvalue weighted by molar-refractivity contribution is -0.157. The minimum atomic E-state index is -0.319. The lowest BCUT2D eigenvalue weighted by Gasteiger charge is -2.42. The van der Waals surface area contributed by atoms with E-state index in [1.807, 2.05) is 36.9 Å². The number of aryl methyl sites for hydroxylation is 1. The number of nitrogens with zero attached hydrogens (tertiary/aromatic N) is 1. The van der Waals surface area contributed by atoms with Gasteiger partial charge in [0.2, 0.25) is 5.91 Å². The monoisotopic (exact) mass is 295 g/mol. The van der Waals surface area contributed by atoms with Gasteiger partial charge in [-0.15, -0.1) is 11.6 Å². The molecule has 1 fully saturated rings. The van der Waals surface area contributed by atoms with Crippen LogP contribution in [-0.2, 0) is 16.0 Å². The van der Waals surface area contributed by atoms with Crippen LogP contribution in [0, 0.1) is 0 Å². The molecule has 0 N–H and O–H groups in total. The molecule has 0 aromatic heterocycles. The number of alkyl halides is 1. The van der Waals surface area contributed by atoms with Crippen molar-refractivity contribution in [3.63, 3.8) is 0 Å². The zero-order chi connectivity index (χ0) is 14.6. The smallest absolute Gasteiger partial charge is 0.223 e. The highest BCUT2D eigenvalue weighted by atomic mass is 35.5. The summed E-state index contributed by atoms with van der Waals surface area (Å²) in [7, 11) is 0. The Balaban J connectivity index is 1.91. The van der Waals surface area contributed by atoms with Crippen LogP contribution in [0.1, 0.15) is 25.8 Å². The highest BCUT2D eigenvalue weighted by molar-refractivity contribution is 6.18. The van der Waals surface area contributed by atoms with Crippen LogP contribution in [-0.4, -0.2) is 41.5 Å². The number of benzene rings is 1. The van der Waals surface area contributed by atoms with Crippen molar-refractivity contribution in [3.8, 4) is 0 Å². The molecule has 1 unspecified atom stereocenters. The maximum absolute atomic E-state index is 12.3. The lowest BCUT2D eigenvalue weighted by Crippen LogP contribution is -2.55. The fraction of sp³-hybridized carbons (Fsp3) is 0.562. The standard InChI is InChI=1S/C16H22ClNO2/c1-16(2)12-18(11-14(10-17)20-16)15(19)9-8-13-6-4-3-5-7-13/h3-7,14H,8-12H2,1-2H3. The van der Waals surface area contributed by atoms with Crippen molar-refractivity contribution in [1.82, 2.24) is 4.90 Å². The van der Waals surface area contributed by atoms with Gasteiger partial charge >= 0.3 is 0 Å². The first-order valence-corrected chi connectivity index (χ1v) is 7.59. The van der Waals surface area contributed by atoms with Gasteiger partial charge < -0.3 is 9.64 Å². The van der Waals surface area contributed by atoms with Crippen molar-refractivity contribution in [1.29, 1.82) is 0 Å². The van der Waals surface area contributed by atoms with Gasteiger partial charge in [-0.05, 0) is 25.8 Å². The zero-order valence-electron chi connectivity index (χ0n) is 12.1. The van der Waals surface area contributed by atoms with Crippen molar-refractivity contribution in [2.24, 2.45) is 0 Å². The molecule has 1 aromatic carbocycles. The van der Waals surface area contributed by atoms with Gasteiger partial charge in [-0.3, -0.25) is 4.79 Å². The van der Waals surface area contributed by atoms with E-state index in [1.54, 1.807) is 0 Å². The summed E-state index contributed by atoms with van der Waals surface area (Å²) in [5.74, 6) is 0.603. The number of carbonyl (C=O) groups is 1. The summed E-state index contributed by atoms with van der Waals surface area (Å²) in [5.41, 5.74) is 0.877. The van der Waals surface area contributed by atoms with Crippen LogP contribution in [0.5, 0.6) is 0 Å². The molecule has 1 amide bonds. The molecule has 0 radical (unpaired) electrons. The third-order valence-electron chi connectivity index (χ3n) is 3.48. The average molecular weight is 296 g/mol. The van der Waals surface area contributed by atoms with Crippen molar-refractivity contribution in [2.75, 3.05) is 19.0 Å². The van der Waals surface area contributed by atoms with E-state index >= 15 is 0 Å². The summed E-state index contributed by atoms with van der Waals surface area (Å²) in [6.07, 6.45) is 1.25. The number of rotatable bonds is 4. The highest BCUT2D eigenvalue weighted by Gasteiger charge is 2.34. The van der Waals surface area contributed by atoms with Gasteiger partial charge in [0.15, 0.2) is 0 Å². The summed E-state index contributed by atoms with van der Waals surface area (Å²) < 4.78 is 5.84. The van der Waals surface area contributed by atoms with Gasteiger partial charge in [0.25, 0.3) is 0 Å². The number of amides is 1. The third-order valence-corrected chi connectivity index (χ3v) is 3.82. The molecule has 0 aliphatic carbocycles. The van der Waals surface area contributed by atoms with Gasteiger partial charge in [0, 0.05) is 19.5 Å². The fourth-order valence-electron chi connectivity index (χ4n) is 2.62. The molecule has 1 saturated heterocycles. The number of carbonyl (C=O) groups excluding carboxylic acids is 1. The van der Waals surface area contributed by atoms with E-state index in [1.165, 1.54) is 5.56 Å². The van der Waals surface area contributed by atoms with Crippen molar-refractivity contribution in [2.45, 2.75) is 38.4 Å². The van der Waals surface area contributed by atoms with Gasteiger partial charge in [-0.2, -0.15) is 0 Å². The van der Waals surface area contributed by atoms with Crippen LogP contribution in [0.25, 0.3) is 0 Å². The number of hydrogen-bond acceptors (Lipinski definition) is 2. The van der Waals surface area contributed by atoms with E-state index in [2.05, 4.69) is 12.1 Å². The van der Waals surface area contributed by atoms with E-state index in [9.17, 15) is 4.79 Å². The van der Waals surface area contributed by atoms with Gasteiger partial charge in [0.05, 0.1) is 17.6 Å². The molecule has 4 heteroatoms. The maximum Gasteiger partial charge on any atom is 0.223 e. The molecular weight excluding hydrogens is 274 g/mol. The summed E-state index contributed by atoms with van der Waals surface area (Å²) >= 11 is 5.89. The molecule has 1 aromatic rings. The Morgan fingerprint density at radius 3 is 2.75 bits per heavy atom. The van der Waals surface area contributed by atoms with Crippen LogP contribution >= 0.6 is 11.6 Å². The molecule has 1 aliphatic rings. The summed E-state index contributed by atoms with van der Waals surface area (Å²) in [4.78, 5) is 14.2. The van der Waals surface area contributed by atoms with Crippen LogP contribution < -0.4 is 0 Å². The molecule has 0 saturated carbocycles. The minimum Gasteiger partial charge on any atom is -0.367 e. The van der Waals surface area contributed by atoms with E-state index in [0.29, 0.717) is 25.4 Å². The summed E-state index contributed by atoms with van der Waals surface area (Å²) in [6, 6.07) is 10.1. The Labute approximate surface area is 125 Å². The van der Waals surface area contributed by atoms with E-state index < -0.39 is 0 Å². The van der Waals surface area contributed by atoms with Crippen molar-refractivity contribution < 1.29 is 9.53 Å². The molecule has 20 heavy (non-hydrogen) atoms. The number of hydrogen-bond donors (Lipinski definition) is 0. The Morgan fingerprint density at radius 1 is 1.40 bits per heavy atom. The Morgan fingerprint density at radius 2 is 2.10 bits per heavy atom. The second-order valence-corrected chi connectivity index (χ2v) is 6.22. The van der Waals surface area contributed by atoms with E-state index in [-0.39, 0.29) is 17.6 Å². The molecule has 1 heterocycles. The third kappa shape index (κ3) is 4.22. The van der Waals surface area contributed by atoms with Crippen molar-refractivity contribution >= 4 is 17.5 Å². The largest absolute Gasteiger partial charge is 0.367 e. The molecule has 3 nitrogen and oxygen atoms in total. The maximum atomic E-state index is 12.3. The van der Waals surface area contributed by atoms with Crippen LogP contribution in [0.4, 0.5) is 0 Å². The summed E-state index contributed by atoms with van der Waals surface area (Å²) in [5, 5.41) is 0.